The van der Waals surface area contributed by atoms with Crippen molar-refractivity contribution in [2.75, 3.05) is 0 Å². The van der Waals surface area contributed by atoms with Crippen LogP contribution in [-0.2, 0) is 0 Å². The van der Waals surface area contributed by atoms with Gasteiger partial charge in [-0.2, -0.15) is 0 Å². The van der Waals surface area contributed by atoms with Crippen LogP contribution in [0, 0.1) is 5.92 Å². The summed E-state index contributed by atoms with van der Waals surface area (Å²) < 4.78 is 5.96. The number of rotatable bonds is 3. The Balaban J connectivity index is 1.90. The summed E-state index contributed by atoms with van der Waals surface area (Å²) in [6, 6.07) is 7.79. The van der Waals surface area contributed by atoms with Crippen LogP contribution in [0.1, 0.15) is 51.2 Å². The van der Waals surface area contributed by atoms with Crippen LogP contribution < -0.4 is 4.74 Å². The molecule has 1 N–H and O–H groups in total. The molecule has 0 bridgehead atoms. The van der Waals surface area contributed by atoms with Crippen molar-refractivity contribution in [3.05, 3.63) is 29.8 Å². The molecule has 1 atom stereocenters. The molecule has 1 saturated carbocycles. The molecule has 94 valence electrons. The number of ether oxygens (including phenoxy) is 1. The predicted molar refractivity (Wildman–Crippen MR) is 69.1 cm³/mol. The van der Waals surface area contributed by atoms with E-state index < -0.39 is 6.10 Å². The largest absolute Gasteiger partial charge is 0.490 e. The molecule has 0 radical (unpaired) electrons. The van der Waals surface area contributed by atoms with Crippen LogP contribution in [0.2, 0.25) is 0 Å². The Hall–Kier alpha value is -1.02. The van der Waals surface area contributed by atoms with Crippen LogP contribution >= 0.6 is 0 Å². The van der Waals surface area contributed by atoms with E-state index in [1.807, 2.05) is 24.3 Å². The Morgan fingerprint density at radius 2 is 1.71 bits per heavy atom. The van der Waals surface area contributed by atoms with Crippen molar-refractivity contribution < 1.29 is 9.84 Å². The van der Waals surface area contributed by atoms with Crippen LogP contribution in [0.3, 0.4) is 0 Å². The zero-order chi connectivity index (χ0) is 12.3. The van der Waals surface area contributed by atoms with Crippen LogP contribution in [0.4, 0.5) is 0 Å². The fraction of sp³-hybridized carbons (Fsp3) is 0.600. The molecular formula is C15H22O2. The van der Waals surface area contributed by atoms with Gasteiger partial charge in [0.2, 0.25) is 0 Å². The minimum atomic E-state index is -0.403. The molecule has 1 aliphatic carbocycles. The average Bonchev–Trinajstić information content (AvgIpc) is 2.33. The van der Waals surface area contributed by atoms with Gasteiger partial charge < -0.3 is 9.84 Å². The minimum Gasteiger partial charge on any atom is -0.490 e. The van der Waals surface area contributed by atoms with Crippen LogP contribution in [-0.4, -0.2) is 11.2 Å². The Bertz CT molecular complexity index is 334. The number of hydrogen-bond donors (Lipinski definition) is 1. The Morgan fingerprint density at radius 1 is 1.12 bits per heavy atom. The number of aliphatic hydroxyl groups excluding tert-OH is 1. The summed E-state index contributed by atoms with van der Waals surface area (Å²) in [4.78, 5) is 0. The van der Waals surface area contributed by atoms with E-state index in [1.54, 1.807) is 6.92 Å². The summed E-state index contributed by atoms with van der Waals surface area (Å²) in [5.74, 6) is 1.78. The van der Waals surface area contributed by atoms with E-state index in [-0.39, 0.29) is 0 Å². The molecule has 0 aromatic heterocycles. The third-order valence-corrected chi connectivity index (χ3v) is 3.63. The second-order valence-electron chi connectivity index (χ2n) is 5.24. The van der Waals surface area contributed by atoms with Crippen molar-refractivity contribution in [3.8, 4) is 5.75 Å². The van der Waals surface area contributed by atoms with Gasteiger partial charge in [-0.1, -0.05) is 19.1 Å². The molecule has 1 aromatic rings. The summed E-state index contributed by atoms with van der Waals surface area (Å²) in [6.45, 7) is 4.09. The molecular weight excluding hydrogens is 212 g/mol. The summed E-state index contributed by atoms with van der Waals surface area (Å²) >= 11 is 0. The van der Waals surface area contributed by atoms with Crippen molar-refractivity contribution in [1.82, 2.24) is 0 Å². The highest BCUT2D eigenvalue weighted by atomic mass is 16.5. The molecule has 17 heavy (non-hydrogen) atoms. The lowest BCUT2D eigenvalue weighted by Gasteiger charge is -2.26. The van der Waals surface area contributed by atoms with E-state index in [9.17, 15) is 5.11 Å². The van der Waals surface area contributed by atoms with Crippen molar-refractivity contribution >= 4 is 0 Å². The molecule has 2 nitrogen and oxygen atoms in total. The summed E-state index contributed by atoms with van der Waals surface area (Å²) in [6.07, 6.45) is 4.86. The van der Waals surface area contributed by atoms with Gasteiger partial charge in [0.25, 0.3) is 0 Å². The highest BCUT2D eigenvalue weighted by Crippen LogP contribution is 2.27. The Morgan fingerprint density at radius 3 is 2.24 bits per heavy atom. The molecule has 0 saturated heterocycles. The van der Waals surface area contributed by atoms with Crippen molar-refractivity contribution in [1.29, 1.82) is 0 Å². The quantitative estimate of drug-likeness (QED) is 0.864. The second-order valence-corrected chi connectivity index (χ2v) is 5.24. The molecule has 1 aliphatic rings. The topological polar surface area (TPSA) is 29.5 Å². The van der Waals surface area contributed by atoms with Gasteiger partial charge in [0.05, 0.1) is 12.2 Å². The Labute approximate surface area is 104 Å². The van der Waals surface area contributed by atoms with E-state index in [0.29, 0.717) is 6.10 Å². The van der Waals surface area contributed by atoms with Crippen LogP contribution in [0.25, 0.3) is 0 Å². The van der Waals surface area contributed by atoms with E-state index >= 15 is 0 Å². The van der Waals surface area contributed by atoms with Gasteiger partial charge in [-0.25, -0.2) is 0 Å². The molecule has 0 heterocycles. The highest BCUT2D eigenvalue weighted by molar-refractivity contribution is 5.28. The third kappa shape index (κ3) is 3.47. The smallest absolute Gasteiger partial charge is 0.119 e. The standard InChI is InChI=1S/C15H22O2/c1-11-3-7-14(8-4-11)17-15-9-5-13(6-10-15)12(2)16/h5-6,9-12,14,16H,3-4,7-8H2,1-2H3. The fourth-order valence-electron chi connectivity index (χ4n) is 2.36. The SMILES string of the molecule is CC1CCC(Oc2ccc(C(C)O)cc2)CC1. The molecule has 0 amide bonds. The first kappa shape index (κ1) is 12.4. The molecule has 1 fully saturated rings. The maximum Gasteiger partial charge on any atom is 0.119 e. The minimum absolute atomic E-state index is 0.378. The maximum absolute atomic E-state index is 9.42. The molecule has 0 spiro atoms. The van der Waals surface area contributed by atoms with E-state index in [1.165, 1.54) is 25.7 Å². The second kappa shape index (κ2) is 5.54. The van der Waals surface area contributed by atoms with Gasteiger partial charge >= 0.3 is 0 Å². The lowest BCUT2D eigenvalue weighted by Crippen LogP contribution is -2.22. The number of aliphatic hydroxyl groups is 1. The van der Waals surface area contributed by atoms with Gasteiger partial charge in [0, 0.05) is 0 Å². The summed E-state index contributed by atoms with van der Waals surface area (Å²) in [5.41, 5.74) is 0.939. The predicted octanol–water partition coefficient (Wildman–Crippen LogP) is 3.70. The van der Waals surface area contributed by atoms with Crippen molar-refractivity contribution in [2.45, 2.75) is 51.7 Å². The van der Waals surface area contributed by atoms with E-state index in [4.69, 9.17) is 4.74 Å². The third-order valence-electron chi connectivity index (χ3n) is 3.63. The van der Waals surface area contributed by atoms with Gasteiger partial charge in [-0.15, -0.1) is 0 Å². The first-order valence-electron chi connectivity index (χ1n) is 6.60. The first-order chi connectivity index (χ1) is 8.15. The number of hydrogen-bond acceptors (Lipinski definition) is 2. The normalized spacial score (nSPS) is 26.5. The van der Waals surface area contributed by atoms with Crippen molar-refractivity contribution in [3.63, 3.8) is 0 Å². The molecule has 0 aliphatic heterocycles. The van der Waals surface area contributed by atoms with Crippen LogP contribution in [0.15, 0.2) is 24.3 Å². The van der Waals surface area contributed by atoms with Gasteiger partial charge in [-0.05, 0) is 56.2 Å². The monoisotopic (exact) mass is 234 g/mol. The molecule has 1 unspecified atom stereocenters. The van der Waals surface area contributed by atoms with Gasteiger partial charge in [0.1, 0.15) is 5.75 Å². The Kier molecular flexibility index (Phi) is 4.06. The maximum atomic E-state index is 9.42. The average molecular weight is 234 g/mol. The molecule has 2 heteroatoms. The zero-order valence-electron chi connectivity index (χ0n) is 10.7. The van der Waals surface area contributed by atoms with Gasteiger partial charge in [0.15, 0.2) is 0 Å². The lowest BCUT2D eigenvalue weighted by molar-refractivity contribution is 0.135. The highest BCUT2D eigenvalue weighted by Gasteiger charge is 2.19. The number of benzene rings is 1. The van der Waals surface area contributed by atoms with Gasteiger partial charge in [-0.3, -0.25) is 0 Å². The van der Waals surface area contributed by atoms with Crippen molar-refractivity contribution in [2.24, 2.45) is 5.92 Å². The summed E-state index contributed by atoms with van der Waals surface area (Å²) in [7, 11) is 0. The molecule has 2 rings (SSSR count). The fourth-order valence-corrected chi connectivity index (χ4v) is 2.36. The lowest BCUT2D eigenvalue weighted by atomic mass is 9.89. The summed E-state index contributed by atoms with van der Waals surface area (Å²) in [5, 5.41) is 9.42. The van der Waals surface area contributed by atoms with E-state index in [2.05, 4.69) is 6.92 Å². The first-order valence-corrected chi connectivity index (χ1v) is 6.60. The van der Waals surface area contributed by atoms with Crippen LogP contribution in [0.5, 0.6) is 5.75 Å². The zero-order valence-corrected chi connectivity index (χ0v) is 10.7. The van der Waals surface area contributed by atoms with E-state index in [0.717, 1.165) is 17.2 Å². The molecule has 1 aromatic carbocycles.